The highest BCUT2D eigenvalue weighted by Gasteiger charge is 2.38. The summed E-state index contributed by atoms with van der Waals surface area (Å²) in [5, 5.41) is 21.8. The summed E-state index contributed by atoms with van der Waals surface area (Å²) in [5.74, 6) is 0.0445. The van der Waals surface area contributed by atoms with Gasteiger partial charge in [-0.2, -0.15) is 0 Å². The molecule has 1 saturated heterocycles. The van der Waals surface area contributed by atoms with E-state index < -0.39 is 11.6 Å². The lowest BCUT2D eigenvalue weighted by Crippen LogP contribution is -2.40. The number of aryl methyl sites for hydroxylation is 1. The lowest BCUT2D eigenvalue weighted by Gasteiger charge is -2.33. The maximum Gasteiger partial charge on any atom is 0.235 e. The first kappa shape index (κ1) is 19.2. The molecule has 31 heavy (non-hydrogen) atoms. The van der Waals surface area contributed by atoms with Crippen LogP contribution < -0.4 is 15.0 Å². The Hall–Kier alpha value is -3.75. The first-order chi connectivity index (χ1) is 15.0. The average Bonchev–Trinajstić information content (AvgIpc) is 3.20. The molecule has 0 spiro atoms. The van der Waals surface area contributed by atoms with Gasteiger partial charge in [-0.05, 0) is 31.2 Å². The third-order valence-electron chi connectivity index (χ3n) is 5.63. The minimum Gasteiger partial charge on any atom is -0.504 e. The van der Waals surface area contributed by atoms with Crippen LogP contribution in [0.1, 0.15) is 17.8 Å². The molecular weight excluding hydrogens is 399 g/mol. The Morgan fingerprint density at radius 1 is 1.35 bits per heavy atom. The molecule has 2 aromatic heterocycles. The first-order valence-corrected chi connectivity index (χ1v) is 10.0. The summed E-state index contributed by atoms with van der Waals surface area (Å²) in [6, 6.07) is 6.39. The van der Waals surface area contributed by atoms with Crippen LogP contribution in [0, 0.1) is 12.7 Å². The Morgan fingerprint density at radius 2 is 2.23 bits per heavy atom. The molecule has 158 valence electrons. The highest BCUT2D eigenvalue weighted by Crippen LogP contribution is 2.39. The Bertz CT molecular complexity index is 1170. The molecule has 0 bridgehead atoms. The van der Waals surface area contributed by atoms with Gasteiger partial charge in [0, 0.05) is 18.5 Å². The van der Waals surface area contributed by atoms with Crippen LogP contribution in [0.3, 0.4) is 0 Å². The van der Waals surface area contributed by atoms with Gasteiger partial charge in [-0.25, -0.2) is 14.4 Å². The van der Waals surface area contributed by atoms with E-state index in [9.17, 15) is 9.50 Å². The van der Waals surface area contributed by atoms with E-state index in [2.05, 4.69) is 37.0 Å². The SMILES string of the molecule is C=Cc1cnc(OC2CC3CNc4nnc(-c5cccc(F)c5O)cc4N3C2)c(C)n1. The second kappa shape index (κ2) is 7.50. The van der Waals surface area contributed by atoms with E-state index in [0.29, 0.717) is 41.7 Å². The Balaban J connectivity index is 1.41. The molecule has 2 atom stereocenters. The summed E-state index contributed by atoms with van der Waals surface area (Å²) in [6.07, 6.45) is 4.03. The number of halogens is 1. The largest absolute Gasteiger partial charge is 0.504 e. The molecule has 5 rings (SSSR count). The molecule has 3 aromatic rings. The van der Waals surface area contributed by atoms with Crippen LogP contribution in [0.5, 0.6) is 11.6 Å². The minimum atomic E-state index is -0.693. The van der Waals surface area contributed by atoms with Crippen LogP contribution in [-0.2, 0) is 0 Å². The minimum absolute atomic E-state index is 0.0699. The molecule has 0 amide bonds. The van der Waals surface area contributed by atoms with Crippen molar-refractivity contribution in [3.8, 4) is 22.9 Å². The zero-order valence-electron chi connectivity index (χ0n) is 16.9. The summed E-state index contributed by atoms with van der Waals surface area (Å²) in [4.78, 5) is 11.0. The van der Waals surface area contributed by atoms with E-state index in [4.69, 9.17) is 4.74 Å². The van der Waals surface area contributed by atoms with Crippen LogP contribution in [-0.4, -0.2) is 50.5 Å². The Kier molecular flexibility index (Phi) is 4.65. The van der Waals surface area contributed by atoms with E-state index in [-0.39, 0.29) is 12.1 Å². The first-order valence-electron chi connectivity index (χ1n) is 10.0. The third-order valence-corrected chi connectivity index (χ3v) is 5.63. The molecule has 1 fully saturated rings. The van der Waals surface area contributed by atoms with Gasteiger partial charge in [0.15, 0.2) is 17.4 Å². The number of nitrogens with zero attached hydrogens (tertiary/aromatic N) is 5. The van der Waals surface area contributed by atoms with Gasteiger partial charge in [0.25, 0.3) is 0 Å². The van der Waals surface area contributed by atoms with E-state index in [1.165, 1.54) is 12.1 Å². The molecule has 4 heterocycles. The zero-order valence-corrected chi connectivity index (χ0v) is 16.9. The van der Waals surface area contributed by atoms with Crippen molar-refractivity contribution in [1.29, 1.82) is 0 Å². The molecule has 0 aliphatic carbocycles. The molecule has 2 N–H and O–H groups in total. The second-order valence-electron chi connectivity index (χ2n) is 7.65. The van der Waals surface area contributed by atoms with Crippen LogP contribution >= 0.6 is 0 Å². The van der Waals surface area contributed by atoms with E-state index >= 15 is 0 Å². The maximum absolute atomic E-state index is 13.8. The lowest BCUT2D eigenvalue weighted by molar-refractivity contribution is 0.209. The van der Waals surface area contributed by atoms with Crippen LogP contribution in [0.4, 0.5) is 15.9 Å². The van der Waals surface area contributed by atoms with Gasteiger partial charge in [0.2, 0.25) is 5.88 Å². The number of hydrogen-bond donors (Lipinski definition) is 2. The molecule has 0 radical (unpaired) electrons. The molecule has 2 unspecified atom stereocenters. The summed E-state index contributed by atoms with van der Waals surface area (Å²) in [5.41, 5.74) is 2.98. The van der Waals surface area contributed by atoms with Gasteiger partial charge in [-0.3, -0.25) is 0 Å². The van der Waals surface area contributed by atoms with Crippen molar-refractivity contribution in [3.63, 3.8) is 0 Å². The van der Waals surface area contributed by atoms with Gasteiger partial charge in [-0.15, -0.1) is 10.2 Å². The number of aromatic nitrogens is 4. The van der Waals surface area contributed by atoms with Crippen molar-refractivity contribution in [2.75, 3.05) is 23.3 Å². The fourth-order valence-corrected chi connectivity index (χ4v) is 4.10. The zero-order chi connectivity index (χ0) is 21.5. The van der Waals surface area contributed by atoms with Gasteiger partial charge < -0.3 is 20.1 Å². The second-order valence-corrected chi connectivity index (χ2v) is 7.65. The maximum atomic E-state index is 13.8. The Labute approximate surface area is 178 Å². The van der Waals surface area contributed by atoms with Crippen LogP contribution in [0.2, 0.25) is 0 Å². The predicted molar refractivity (Wildman–Crippen MR) is 115 cm³/mol. The normalized spacial score (nSPS) is 19.4. The van der Waals surface area contributed by atoms with Crippen LogP contribution in [0.25, 0.3) is 17.3 Å². The van der Waals surface area contributed by atoms with Gasteiger partial charge in [0.1, 0.15) is 11.8 Å². The summed E-state index contributed by atoms with van der Waals surface area (Å²) in [6.45, 7) is 6.93. The fourth-order valence-electron chi connectivity index (χ4n) is 4.10. The van der Waals surface area contributed by atoms with Crippen molar-refractivity contribution >= 4 is 17.6 Å². The highest BCUT2D eigenvalue weighted by atomic mass is 19.1. The van der Waals surface area contributed by atoms with Gasteiger partial charge >= 0.3 is 0 Å². The van der Waals surface area contributed by atoms with Crippen molar-refractivity contribution in [3.05, 3.63) is 54.2 Å². The lowest BCUT2D eigenvalue weighted by atomic mass is 10.1. The van der Waals surface area contributed by atoms with Crippen molar-refractivity contribution in [1.82, 2.24) is 20.2 Å². The number of phenols is 1. The molecule has 0 saturated carbocycles. The average molecular weight is 420 g/mol. The number of rotatable bonds is 4. The third kappa shape index (κ3) is 3.41. The number of aromatic hydroxyl groups is 1. The number of phenolic OH excluding ortho intramolecular Hbond substituents is 1. The van der Waals surface area contributed by atoms with Crippen molar-refractivity contribution in [2.45, 2.75) is 25.5 Å². The molecule has 1 aromatic carbocycles. The van der Waals surface area contributed by atoms with Gasteiger partial charge in [0.05, 0.1) is 35.9 Å². The number of hydrogen-bond acceptors (Lipinski definition) is 8. The molecular formula is C22H21FN6O2. The van der Waals surface area contributed by atoms with Crippen molar-refractivity contribution in [2.24, 2.45) is 0 Å². The fraction of sp³-hybridized carbons (Fsp3) is 0.273. The number of nitrogens with one attached hydrogen (secondary N) is 1. The predicted octanol–water partition coefficient (Wildman–Crippen LogP) is 3.18. The molecule has 8 nitrogen and oxygen atoms in total. The molecule has 9 heteroatoms. The van der Waals surface area contributed by atoms with E-state index in [0.717, 1.165) is 17.8 Å². The Morgan fingerprint density at radius 3 is 3.03 bits per heavy atom. The topological polar surface area (TPSA) is 96.3 Å². The molecule has 2 aliphatic heterocycles. The standard InChI is InChI=1S/C22H21FN6O2/c1-3-13-9-25-22(12(2)26-13)31-15-7-14-10-24-21-19(29(14)11-15)8-18(27-28-21)16-5-4-6-17(23)20(16)30/h3-6,8-9,14-15,30H,1,7,10-11H2,2H3,(H,24,28). The highest BCUT2D eigenvalue weighted by molar-refractivity contribution is 5.76. The van der Waals surface area contributed by atoms with Crippen LogP contribution in [0.15, 0.2) is 37.0 Å². The number of benzene rings is 1. The monoisotopic (exact) mass is 420 g/mol. The number of ether oxygens (including phenoxy) is 1. The molecule has 2 aliphatic rings. The smallest absolute Gasteiger partial charge is 0.235 e. The van der Waals surface area contributed by atoms with Gasteiger partial charge in [-0.1, -0.05) is 12.6 Å². The van der Waals surface area contributed by atoms with E-state index in [1.807, 2.05) is 13.0 Å². The van der Waals surface area contributed by atoms with E-state index in [1.54, 1.807) is 18.3 Å². The summed E-state index contributed by atoms with van der Waals surface area (Å²) in [7, 11) is 0. The quantitative estimate of drug-likeness (QED) is 0.664. The number of para-hydroxylation sites is 1. The summed E-state index contributed by atoms with van der Waals surface area (Å²) < 4.78 is 20.0. The number of fused-ring (bicyclic) bond motifs is 3. The summed E-state index contributed by atoms with van der Waals surface area (Å²) >= 11 is 0. The number of anilines is 2. The van der Waals surface area contributed by atoms with Crippen molar-refractivity contribution < 1.29 is 14.2 Å².